The van der Waals surface area contributed by atoms with Gasteiger partial charge in [0.1, 0.15) is 0 Å². The fraction of sp³-hybridized carbons (Fsp3) is 0.750. The summed E-state index contributed by atoms with van der Waals surface area (Å²) in [7, 11) is 0. The van der Waals surface area contributed by atoms with E-state index in [9.17, 15) is 0 Å². The van der Waals surface area contributed by atoms with Gasteiger partial charge in [-0.2, -0.15) is 0 Å². The zero-order chi connectivity index (χ0) is 6.58. The summed E-state index contributed by atoms with van der Waals surface area (Å²) in [5.41, 5.74) is 2.21. The molecule has 0 aromatic rings. The van der Waals surface area contributed by atoms with Crippen molar-refractivity contribution in [1.82, 2.24) is 0 Å². The van der Waals surface area contributed by atoms with Crippen molar-refractivity contribution < 1.29 is 0 Å². The van der Waals surface area contributed by atoms with E-state index in [1.54, 1.807) is 0 Å². The molecule has 0 bridgehead atoms. The number of hydrogen-bond acceptors (Lipinski definition) is 0. The summed E-state index contributed by atoms with van der Waals surface area (Å²) in [5, 5.41) is 0. The minimum Gasteiger partial charge on any atom is -0.0987 e. The van der Waals surface area contributed by atoms with Gasteiger partial charge in [0.15, 0.2) is 0 Å². The molecule has 1 aliphatic carbocycles. The van der Waals surface area contributed by atoms with E-state index in [0.29, 0.717) is 10.8 Å². The predicted molar refractivity (Wildman–Crippen MR) is 36.7 cm³/mol. The zero-order valence-electron chi connectivity index (χ0n) is 6.21. The number of allylic oxidation sites excluding steroid dienone is 1. The topological polar surface area (TPSA) is 0 Å². The molecule has 0 amide bonds. The van der Waals surface area contributed by atoms with Crippen LogP contribution in [0.25, 0.3) is 0 Å². The molecule has 8 heavy (non-hydrogen) atoms. The molecular weight excluding hydrogens is 96.1 g/mol. The highest BCUT2D eigenvalue weighted by atomic mass is 14.6. The first kappa shape index (κ1) is 5.87. The Kier molecular flexibility index (Phi) is 0.750. The first-order valence-corrected chi connectivity index (χ1v) is 3.10. The lowest BCUT2D eigenvalue weighted by Crippen LogP contribution is -1.95. The lowest BCUT2D eigenvalue weighted by atomic mass is 10.0. The highest BCUT2D eigenvalue weighted by Gasteiger charge is 2.57. The molecule has 0 heteroatoms. The second kappa shape index (κ2) is 1.02. The first-order chi connectivity index (χ1) is 3.40. The Morgan fingerprint density at radius 3 is 1.12 bits per heavy atom. The average molecular weight is 110 g/mol. The predicted octanol–water partition coefficient (Wildman–Crippen LogP) is 2.61. The molecule has 0 atom stereocenters. The van der Waals surface area contributed by atoms with Crippen LogP contribution in [-0.2, 0) is 0 Å². The summed E-state index contributed by atoms with van der Waals surface area (Å²) in [5.74, 6) is 0. The van der Waals surface area contributed by atoms with Crippen LogP contribution in [0.1, 0.15) is 27.7 Å². The molecule has 0 aliphatic heterocycles. The minimum absolute atomic E-state index is 0.410. The van der Waals surface area contributed by atoms with Crippen LogP contribution in [0.4, 0.5) is 0 Å². The molecule has 0 heterocycles. The van der Waals surface area contributed by atoms with Crippen molar-refractivity contribution in [2.45, 2.75) is 27.7 Å². The highest BCUT2D eigenvalue weighted by molar-refractivity contribution is 5.38. The monoisotopic (exact) mass is 110 g/mol. The molecule has 0 nitrogen and oxygen atoms in total. The maximum absolute atomic E-state index is 3.97. The fourth-order valence-electron chi connectivity index (χ4n) is 1.15. The minimum atomic E-state index is 0.410. The van der Waals surface area contributed by atoms with Crippen molar-refractivity contribution in [3.05, 3.63) is 12.2 Å². The van der Waals surface area contributed by atoms with Gasteiger partial charge in [-0.1, -0.05) is 39.8 Å². The summed E-state index contributed by atoms with van der Waals surface area (Å²) < 4.78 is 0. The van der Waals surface area contributed by atoms with E-state index < -0.39 is 0 Å². The van der Waals surface area contributed by atoms with E-state index in [1.807, 2.05) is 0 Å². The molecule has 0 aromatic heterocycles. The van der Waals surface area contributed by atoms with E-state index in [0.717, 1.165) is 0 Å². The third kappa shape index (κ3) is 0.367. The highest BCUT2D eigenvalue weighted by Crippen LogP contribution is 2.66. The molecule has 1 fully saturated rings. The molecule has 46 valence electrons. The lowest BCUT2D eigenvalue weighted by molar-refractivity contribution is 0.457. The fourth-order valence-corrected chi connectivity index (χ4v) is 1.15. The molecule has 0 N–H and O–H groups in total. The van der Waals surface area contributed by atoms with Gasteiger partial charge in [-0.05, 0) is 10.8 Å². The van der Waals surface area contributed by atoms with E-state index in [2.05, 4.69) is 34.3 Å². The van der Waals surface area contributed by atoms with Gasteiger partial charge in [-0.15, -0.1) is 0 Å². The summed E-state index contributed by atoms with van der Waals surface area (Å²) >= 11 is 0. The van der Waals surface area contributed by atoms with Gasteiger partial charge < -0.3 is 0 Å². The Balaban J connectivity index is 2.88. The Labute approximate surface area is 51.6 Å². The van der Waals surface area contributed by atoms with Crippen molar-refractivity contribution >= 4 is 0 Å². The van der Waals surface area contributed by atoms with Gasteiger partial charge in [-0.3, -0.25) is 0 Å². The van der Waals surface area contributed by atoms with Crippen LogP contribution in [0.15, 0.2) is 12.2 Å². The standard InChI is InChI=1S/C8H14/c1-6-7(2,3)8(6,4)5/h1H2,2-5H3. The van der Waals surface area contributed by atoms with Crippen LogP contribution in [0.5, 0.6) is 0 Å². The molecular formula is C8H14. The smallest absolute Gasteiger partial charge is 0.00533 e. The van der Waals surface area contributed by atoms with Crippen molar-refractivity contribution in [3.8, 4) is 0 Å². The molecule has 0 spiro atoms. The molecule has 0 saturated heterocycles. The first-order valence-electron chi connectivity index (χ1n) is 3.10. The van der Waals surface area contributed by atoms with E-state index >= 15 is 0 Å². The normalized spacial score (nSPS) is 30.2. The van der Waals surface area contributed by atoms with Crippen LogP contribution in [0, 0.1) is 10.8 Å². The summed E-state index contributed by atoms with van der Waals surface area (Å²) in [6, 6.07) is 0. The van der Waals surface area contributed by atoms with Gasteiger partial charge in [-0.25, -0.2) is 0 Å². The molecule has 1 saturated carbocycles. The van der Waals surface area contributed by atoms with E-state index in [4.69, 9.17) is 0 Å². The molecule has 0 aromatic carbocycles. The summed E-state index contributed by atoms with van der Waals surface area (Å²) in [6.45, 7) is 13.0. The number of hydrogen-bond donors (Lipinski definition) is 0. The Hall–Kier alpha value is -0.260. The molecule has 0 radical (unpaired) electrons. The van der Waals surface area contributed by atoms with Crippen molar-refractivity contribution in [2.24, 2.45) is 10.8 Å². The lowest BCUT2D eigenvalue weighted by Gasteiger charge is -2.02. The zero-order valence-corrected chi connectivity index (χ0v) is 6.21. The van der Waals surface area contributed by atoms with Gasteiger partial charge in [0, 0.05) is 0 Å². The van der Waals surface area contributed by atoms with Gasteiger partial charge in [0.05, 0.1) is 0 Å². The molecule has 1 aliphatic rings. The van der Waals surface area contributed by atoms with Gasteiger partial charge in [0.2, 0.25) is 0 Å². The summed E-state index contributed by atoms with van der Waals surface area (Å²) in [4.78, 5) is 0. The molecule has 0 unspecified atom stereocenters. The third-order valence-electron chi connectivity index (χ3n) is 3.01. The van der Waals surface area contributed by atoms with Gasteiger partial charge >= 0.3 is 0 Å². The van der Waals surface area contributed by atoms with E-state index in [-0.39, 0.29) is 0 Å². The van der Waals surface area contributed by atoms with Crippen LogP contribution < -0.4 is 0 Å². The Morgan fingerprint density at radius 1 is 1.00 bits per heavy atom. The van der Waals surface area contributed by atoms with Gasteiger partial charge in [0.25, 0.3) is 0 Å². The van der Waals surface area contributed by atoms with E-state index in [1.165, 1.54) is 5.57 Å². The maximum atomic E-state index is 3.97. The molecule has 1 rings (SSSR count). The number of rotatable bonds is 0. The second-order valence-corrected chi connectivity index (χ2v) is 3.73. The quantitative estimate of drug-likeness (QED) is 0.420. The maximum Gasteiger partial charge on any atom is -0.00533 e. The van der Waals surface area contributed by atoms with Crippen LogP contribution in [0.3, 0.4) is 0 Å². The Morgan fingerprint density at radius 2 is 1.12 bits per heavy atom. The van der Waals surface area contributed by atoms with Crippen molar-refractivity contribution in [3.63, 3.8) is 0 Å². The summed E-state index contributed by atoms with van der Waals surface area (Å²) in [6.07, 6.45) is 0. The third-order valence-corrected chi connectivity index (χ3v) is 3.01. The van der Waals surface area contributed by atoms with Crippen molar-refractivity contribution in [2.75, 3.05) is 0 Å². The average Bonchev–Trinajstić information content (AvgIpc) is 1.88. The SMILES string of the molecule is C=C1C(C)(C)C1(C)C. The largest absolute Gasteiger partial charge is 0.0987 e. The van der Waals surface area contributed by atoms with Crippen molar-refractivity contribution in [1.29, 1.82) is 0 Å². The van der Waals surface area contributed by atoms with Crippen LogP contribution in [-0.4, -0.2) is 0 Å². The second-order valence-electron chi connectivity index (χ2n) is 3.73. The Bertz CT molecular complexity index is 122. The van der Waals surface area contributed by atoms with Crippen LogP contribution >= 0.6 is 0 Å². The van der Waals surface area contributed by atoms with Crippen LogP contribution in [0.2, 0.25) is 0 Å².